The second-order valence-corrected chi connectivity index (χ2v) is 9.77. The van der Waals surface area contributed by atoms with Crippen LogP contribution in [0.15, 0.2) is 95.9 Å². The molecular formula is C26H21N3OSe. The number of fused-ring (bicyclic) bond motifs is 1. The number of aromatic nitrogens is 3. The van der Waals surface area contributed by atoms with Crippen molar-refractivity contribution in [2.75, 3.05) is 0 Å². The van der Waals surface area contributed by atoms with Gasteiger partial charge in [0.1, 0.15) is 0 Å². The molecule has 0 fully saturated rings. The topological polar surface area (TPSA) is 50.7 Å². The molecule has 31 heavy (non-hydrogen) atoms. The standard InChI is InChI=1S/C26H21N3OSe/c1-18-12-14-21(15-13-18)31-25-24-27-22(16-19-8-4-2-5-9-19)26(30)29(24)17-23(28-25)20-10-6-3-7-11-20/h2-15,17,28H,16H2,1H3. The summed E-state index contributed by atoms with van der Waals surface area (Å²) in [4.78, 5) is 21.6. The maximum atomic E-state index is 13.3. The fraction of sp³-hybridized carbons (Fsp3) is 0.0769. The number of H-pyrrole nitrogens is 1. The van der Waals surface area contributed by atoms with Crippen molar-refractivity contribution in [3.05, 3.63) is 118 Å². The zero-order chi connectivity index (χ0) is 21.2. The first-order chi connectivity index (χ1) is 15.2. The van der Waals surface area contributed by atoms with Crippen LogP contribution in [0.25, 0.3) is 17.1 Å². The average Bonchev–Trinajstić information content (AvgIpc) is 3.12. The third kappa shape index (κ3) is 4.11. The molecule has 0 aromatic heterocycles. The van der Waals surface area contributed by atoms with Crippen molar-refractivity contribution in [2.45, 2.75) is 13.3 Å². The molecule has 0 saturated heterocycles. The quantitative estimate of drug-likeness (QED) is 0.401. The Morgan fingerprint density at radius 2 is 1.58 bits per heavy atom. The summed E-state index contributed by atoms with van der Waals surface area (Å²) in [7, 11) is 0. The van der Waals surface area contributed by atoms with Gasteiger partial charge in [-0.05, 0) is 0 Å². The van der Waals surface area contributed by atoms with E-state index >= 15 is 0 Å². The minimum atomic E-state index is -0.0500. The van der Waals surface area contributed by atoms with Crippen LogP contribution in [-0.2, 0) is 6.42 Å². The number of aryl methyl sites for hydroxylation is 1. The second-order valence-electron chi connectivity index (χ2n) is 7.50. The molecule has 2 heterocycles. The molecule has 5 rings (SSSR count). The molecule has 2 aliphatic heterocycles. The van der Waals surface area contributed by atoms with Gasteiger partial charge in [-0.15, -0.1) is 0 Å². The average molecular weight is 470 g/mol. The van der Waals surface area contributed by atoms with Gasteiger partial charge in [-0.1, -0.05) is 0 Å². The van der Waals surface area contributed by atoms with Gasteiger partial charge in [0.25, 0.3) is 0 Å². The van der Waals surface area contributed by atoms with Gasteiger partial charge in [0.05, 0.1) is 0 Å². The SMILES string of the molecule is Cc1ccc([Se]c2[nH]c(-c3ccccc3)cn3c(=O)c(Cc4ccccc4)nc2-3)cc1. The van der Waals surface area contributed by atoms with Gasteiger partial charge in [-0.25, -0.2) is 0 Å². The first-order valence-corrected chi connectivity index (χ1v) is 11.9. The van der Waals surface area contributed by atoms with Crippen molar-refractivity contribution in [1.82, 2.24) is 14.5 Å². The Labute approximate surface area is 187 Å². The van der Waals surface area contributed by atoms with Crippen LogP contribution in [0, 0.1) is 6.92 Å². The predicted molar refractivity (Wildman–Crippen MR) is 126 cm³/mol. The van der Waals surface area contributed by atoms with Gasteiger partial charge in [0.2, 0.25) is 0 Å². The summed E-state index contributed by atoms with van der Waals surface area (Å²) in [5.41, 5.74) is 4.80. The van der Waals surface area contributed by atoms with E-state index in [2.05, 4.69) is 36.2 Å². The molecule has 5 heteroatoms. The molecule has 0 saturated carbocycles. The third-order valence-corrected chi connectivity index (χ3v) is 7.28. The molecule has 1 N–H and O–H groups in total. The van der Waals surface area contributed by atoms with Crippen molar-refractivity contribution in [3.8, 4) is 17.1 Å². The van der Waals surface area contributed by atoms with Crippen LogP contribution in [0.2, 0.25) is 0 Å². The van der Waals surface area contributed by atoms with E-state index in [1.165, 1.54) is 10.0 Å². The van der Waals surface area contributed by atoms with Gasteiger partial charge >= 0.3 is 187 Å². The van der Waals surface area contributed by atoms with E-state index in [9.17, 15) is 4.79 Å². The number of nitrogens with zero attached hydrogens (tertiary/aromatic N) is 2. The fourth-order valence-corrected chi connectivity index (χ4v) is 5.45. The number of imidazole rings is 1. The van der Waals surface area contributed by atoms with Gasteiger partial charge in [-0.2, -0.15) is 0 Å². The van der Waals surface area contributed by atoms with Crippen LogP contribution in [0.3, 0.4) is 0 Å². The van der Waals surface area contributed by atoms with Crippen LogP contribution in [0.5, 0.6) is 0 Å². The molecule has 0 unspecified atom stereocenters. The van der Waals surface area contributed by atoms with Crippen LogP contribution in [0.4, 0.5) is 0 Å². The van der Waals surface area contributed by atoms with Crippen LogP contribution in [-0.4, -0.2) is 29.5 Å². The molecule has 0 spiro atoms. The summed E-state index contributed by atoms with van der Waals surface area (Å²) in [5, 5.41) is 0. The summed E-state index contributed by atoms with van der Waals surface area (Å²) in [5.74, 6) is 0.719. The molecule has 0 radical (unpaired) electrons. The summed E-state index contributed by atoms with van der Waals surface area (Å²) in [6.07, 6.45) is 2.40. The number of aromatic amines is 1. The molecule has 3 aromatic rings. The zero-order valence-corrected chi connectivity index (χ0v) is 18.8. The molecule has 0 amide bonds. The van der Waals surface area contributed by atoms with E-state index in [1.807, 2.05) is 66.9 Å². The normalized spacial score (nSPS) is 11.1. The van der Waals surface area contributed by atoms with Crippen molar-refractivity contribution >= 4 is 24.0 Å². The Hall–Kier alpha value is -3.40. The summed E-state index contributed by atoms with van der Waals surface area (Å²) in [6.45, 7) is 2.09. The second kappa shape index (κ2) is 8.38. The van der Waals surface area contributed by atoms with Gasteiger partial charge < -0.3 is 0 Å². The Kier molecular flexibility index (Phi) is 5.29. The van der Waals surface area contributed by atoms with Crippen molar-refractivity contribution < 1.29 is 0 Å². The van der Waals surface area contributed by atoms with Gasteiger partial charge in [0.15, 0.2) is 0 Å². The van der Waals surface area contributed by atoms with Crippen molar-refractivity contribution in [2.24, 2.45) is 0 Å². The number of rotatable bonds is 5. The first-order valence-electron chi connectivity index (χ1n) is 10.2. The molecule has 152 valence electrons. The van der Waals surface area contributed by atoms with Crippen LogP contribution < -0.4 is 14.6 Å². The van der Waals surface area contributed by atoms with E-state index in [-0.39, 0.29) is 20.5 Å². The monoisotopic (exact) mass is 471 g/mol. The van der Waals surface area contributed by atoms with Crippen molar-refractivity contribution in [3.63, 3.8) is 0 Å². The Morgan fingerprint density at radius 1 is 0.903 bits per heavy atom. The Bertz CT molecular complexity index is 1340. The molecule has 2 aliphatic rings. The molecule has 4 nitrogen and oxygen atoms in total. The Morgan fingerprint density at radius 3 is 2.29 bits per heavy atom. The van der Waals surface area contributed by atoms with E-state index in [4.69, 9.17) is 4.98 Å². The summed E-state index contributed by atoms with van der Waals surface area (Å²) < 4.78 is 3.94. The molecule has 3 aromatic carbocycles. The number of nitrogens with one attached hydrogen (secondary N) is 1. The number of hydrogen-bond acceptors (Lipinski definition) is 2. The van der Waals surface area contributed by atoms with E-state index in [1.54, 1.807) is 4.57 Å². The molecular weight excluding hydrogens is 449 g/mol. The summed E-state index contributed by atoms with van der Waals surface area (Å²) in [6, 6.07) is 28.7. The van der Waals surface area contributed by atoms with Crippen LogP contribution >= 0.6 is 0 Å². The molecule has 0 aliphatic carbocycles. The van der Waals surface area contributed by atoms with E-state index in [0.717, 1.165) is 27.2 Å². The van der Waals surface area contributed by atoms with Crippen molar-refractivity contribution in [1.29, 1.82) is 0 Å². The third-order valence-electron chi connectivity index (χ3n) is 5.18. The van der Waals surface area contributed by atoms with Gasteiger partial charge in [-0.3, -0.25) is 0 Å². The van der Waals surface area contributed by atoms with Gasteiger partial charge in [0, 0.05) is 0 Å². The van der Waals surface area contributed by atoms with E-state index < -0.39 is 0 Å². The fourth-order valence-electron chi connectivity index (χ4n) is 3.55. The minimum absolute atomic E-state index is 0.0124. The number of benzene rings is 3. The Balaban J connectivity index is 1.64. The maximum absolute atomic E-state index is 13.3. The number of hydrogen-bond donors (Lipinski definition) is 1. The predicted octanol–water partition coefficient (Wildman–Crippen LogP) is 3.22. The first kappa shape index (κ1) is 19.6. The summed E-state index contributed by atoms with van der Waals surface area (Å²) >= 11 is -0.0124. The molecule has 0 atom stereocenters. The molecule has 0 bridgehead atoms. The zero-order valence-electron chi connectivity index (χ0n) is 17.1. The van der Waals surface area contributed by atoms with E-state index in [0.29, 0.717) is 12.1 Å². The van der Waals surface area contributed by atoms with Crippen LogP contribution in [0.1, 0.15) is 16.8 Å².